The average molecular weight is 218 g/mol. The van der Waals surface area contributed by atoms with Crippen LogP contribution in [0, 0.1) is 0 Å². The van der Waals surface area contributed by atoms with Crippen molar-refractivity contribution < 1.29 is 4.74 Å². The Bertz CT molecular complexity index is 495. The van der Waals surface area contributed by atoms with Crippen LogP contribution in [0.15, 0.2) is 24.4 Å². The van der Waals surface area contributed by atoms with Crippen molar-refractivity contribution in [2.24, 2.45) is 5.73 Å². The Morgan fingerprint density at radius 2 is 2.31 bits per heavy atom. The Morgan fingerprint density at radius 1 is 1.38 bits per heavy atom. The van der Waals surface area contributed by atoms with E-state index in [1.165, 1.54) is 0 Å². The van der Waals surface area contributed by atoms with Crippen LogP contribution in [0.25, 0.3) is 5.65 Å². The predicted molar refractivity (Wildman–Crippen MR) is 58.9 cm³/mol. The Labute approximate surface area is 93.2 Å². The van der Waals surface area contributed by atoms with E-state index in [9.17, 15) is 0 Å². The van der Waals surface area contributed by atoms with Gasteiger partial charge in [0.25, 0.3) is 0 Å². The molecule has 0 saturated carbocycles. The third kappa shape index (κ3) is 1.48. The summed E-state index contributed by atoms with van der Waals surface area (Å²) >= 11 is 0. The maximum atomic E-state index is 5.81. The van der Waals surface area contributed by atoms with Gasteiger partial charge in [-0.2, -0.15) is 0 Å². The molecule has 3 rings (SSSR count). The van der Waals surface area contributed by atoms with Crippen molar-refractivity contribution in [2.75, 3.05) is 6.54 Å². The number of ether oxygens (including phenoxy) is 1. The minimum absolute atomic E-state index is 0.0333. The van der Waals surface area contributed by atoms with Crippen molar-refractivity contribution in [3.05, 3.63) is 30.2 Å². The molecule has 5 nitrogen and oxygen atoms in total. The van der Waals surface area contributed by atoms with Crippen LogP contribution in [0.5, 0.6) is 0 Å². The largest absolute Gasteiger partial charge is 0.366 e. The topological polar surface area (TPSA) is 65.4 Å². The summed E-state index contributed by atoms with van der Waals surface area (Å²) in [6.07, 6.45) is 4.14. The highest BCUT2D eigenvalue weighted by molar-refractivity contribution is 5.37. The van der Waals surface area contributed by atoms with Crippen LogP contribution in [0.4, 0.5) is 0 Å². The maximum absolute atomic E-state index is 5.81. The highest BCUT2D eigenvalue weighted by Gasteiger charge is 2.28. The highest BCUT2D eigenvalue weighted by Crippen LogP contribution is 2.31. The van der Waals surface area contributed by atoms with Gasteiger partial charge in [0.15, 0.2) is 11.5 Å². The Kier molecular flexibility index (Phi) is 2.34. The van der Waals surface area contributed by atoms with Crippen molar-refractivity contribution in [3.8, 4) is 0 Å². The maximum Gasteiger partial charge on any atom is 0.166 e. The molecule has 3 heterocycles. The monoisotopic (exact) mass is 218 g/mol. The Morgan fingerprint density at radius 3 is 3.12 bits per heavy atom. The molecule has 2 atom stereocenters. The van der Waals surface area contributed by atoms with Gasteiger partial charge in [0.2, 0.25) is 0 Å². The second-order valence-corrected chi connectivity index (χ2v) is 4.05. The van der Waals surface area contributed by atoms with Gasteiger partial charge >= 0.3 is 0 Å². The molecule has 16 heavy (non-hydrogen) atoms. The van der Waals surface area contributed by atoms with Crippen molar-refractivity contribution in [2.45, 2.75) is 25.0 Å². The molecule has 2 N–H and O–H groups in total. The van der Waals surface area contributed by atoms with Crippen molar-refractivity contribution in [1.29, 1.82) is 0 Å². The normalized spacial score (nSPS) is 25.3. The van der Waals surface area contributed by atoms with Gasteiger partial charge in [-0.05, 0) is 25.0 Å². The van der Waals surface area contributed by atoms with E-state index in [4.69, 9.17) is 10.5 Å². The summed E-state index contributed by atoms with van der Waals surface area (Å²) in [4.78, 5) is 0. The zero-order valence-electron chi connectivity index (χ0n) is 8.91. The van der Waals surface area contributed by atoms with Gasteiger partial charge in [-0.25, -0.2) is 0 Å². The summed E-state index contributed by atoms with van der Waals surface area (Å²) in [5.74, 6) is 0.881. The van der Waals surface area contributed by atoms with Crippen molar-refractivity contribution >= 4 is 5.65 Å². The van der Waals surface area contributed by atoms with E-state index in [2.05, 4.69) is 10.2 Å². The van der Waals surface area contributed by atoms with E-state index < -0.39 is 0 Å². The van der Waals surface area contributed by atoms with E-state index in [-0.39, 0.29) is 12.2 Å². The molecule has 1 aliphatic rings. The first kappa shape index (κ1) is 9.74. The van der Waals surface area contributed by atoms with Crippen LogP contribution >= 0.6 is 0 Å². The molecule has 1 aliphatic heterocycles. The van der Waals surface area contributed by atoms with Gasteiger partial charge in [-0.1, -0.05) is 6.07 Å². The number of fused-ring (bicyclic) bond motifs is 1. The van der Waals surface area contributed by atoms with Gasteiger partial charge in [0.1, 0.15) is 6.10 Å². The standard InChI is InChI=1S/C11H14N4O/c12-7-8-4-5-9(16-8)11-14-13-10-3-1-2-6-15(10)11/h1-3,6,8-9H,4-5,7,12H2. The minimum atomic E-state index is 0.0333. The lowest BCUT2D eigenvalue weighted by molar-refractivity contribution is 0.0442. The second kappa shape index (κ2) is 3.84. The van der Waals surface area contributed by atoms with Gasteiger partial charge in [-0.15, -0.1) is 10.2 Å². The SMILES string of the molecule is NCC1CCC(c2nnc3ccccn23)O1. The fraction of sp³-hybridized carbons (Fsp3) is 0.455. The average Bonchev–Trinajstić information content (AvgIpc) is 2.94. The molecule has 0 aromatic carbocycles. The number of nitrogens with zero attached hydrogens (tertiary/aromatic N) is 3. The fourth-order valence-corrected chi connectivity index (χ4v) is 2.15. The molecule has 84 valence electrons. The Balaban J connectivity index is 1.95. The van der Waals surface area contributed by atoms with Crippen LogP contribution in [0.3, 0.4) is 0 Å². The molecular weight excluding hydrogens is 204 g/mol. The lowest BCUT2D eigenvalue weighted by Gasteiger charge is -2.10. The van der Waals surface area contributed by atoms with E-state index in [0.717, 1.165) is 24.3 Å². The molecule has 0 spiro atoms. The van der Waals surface area contributed by atoms with E-state index >= 15 is 0 Å². The summed E-state index contributed by atoms with van der Waals surface area (Å²) in [6, 6.07) is 5.85. The number of rotatable bonds is 2. The molecule has 0 radical (unpaired) electrons. The van der Waals surface area contributed by atoms with Crippen LogP contribution in [0.2, 0.25) is 0 Å². The zero-order valence-corrected chi connectivity index (χ0v) is 8.91. The van der Waals surface area contributed by atoms with E-state index in [0.29, 0.717) is 6.54 Å². The summed E-state index contributed by atoms with van der Waals surface area (Å²) < 4.78 is 7.79. The van der Waals surface area contributed by atoms with Gasteiger partial charge in [0, 0.05) is 12.7 Å². The first-order chi connectivity index (χ1) is 7.88. The second-order valence-electron chi connectivity index (χ2n) is 4.05. The van der Waals surface area contributed by atoms with E-state index in [1.54, 1.807) is 0 Å². The molecule has 2 unspecified atom stereocenters. The third-order valence-electron chi connectivity index (χ3n) is 3.00. The number of nitrogens with two attached hydrogens (primary N) is 1. The predicted octanol–water partition coefficient (Wildman–Crippen LogP) is 0.908. The van der Waals surface area contributed by atoms with Gasteiger partial charge in [-0.3, -0.25) is 4.40 Å². The molecule has 1 saturated heterocycles. The van der Waals surface area contributed by atoms with Crippen LogP contribution < -0.4 is 5.73 Å². The van der Waals surface area contributed by atoms with Crippen LogP contribution in [0.1, 0.15) is 24.8 Å². The summed E-state index contributed by atoms with van der Waals surface area (Å²) in [6.45, 7) is 0.577. The summed E-state index contributed by atoms with van der Waals surface area (Å²) in [7, 11) is 0. The molecule has 5 heteroatoms. The summed E-state index contributed by atoms with van der Waals surface area (Å²) in [5, 5.41) is 8.31. The van der Waals surface area contributed by atoms with Crippen LogP contribution in [-0.2, 0) is 4.74 Å². The number of aromatic nitrogens is 3. The molecule has 1 fully saturated rings. The molecule has 0 amide bonds. The molecule has 0 bridgehead atoms. The van der Waals surface area contributed by atoms with Gasteiger partial charge in [0.05, 0.1) is 6.10 Å². The van der Waals surface area contributed by atoms with Crippen molar-refractivity contribution in [3.63, 3.8) is 0 Å². The molecule has 0 aliphatic carbocycles. The Hall–Kier alpha value is -1.46. The lowest BCUT2D eigenvalue weighted by atomic mass is 10.2. The lowest BCUT2D eigenvalue weighted by Crippen LogP contribution is -2.19. The molecular formula is C11H14N4O. The smallest absolute Gasteiger partial charge is 0.166 e. The third-order valence-corrected chi connectivity index (χ3v) is 3.00. The van der Waals surface area contributed by atoms with Crippen LogP contribution in [-0.4, -0.2) is 27.2 Å². The minimum Gasteiger partial charge on any atom is -0.366 e. The highest BCUT2D eigenvalue weighted by atomic mass is 16.5. The number of hydrogen-bond acceptors (Lipinski definition) is 4. The zero-order chi connectivity index (χ0) is 11.0. The quantitative estimate of drug-likeness (QED) is 0.813. The van der Waals surface area contributed by atoms with Crippen molar-refractivity contribution in [1.82, 2.24) is 14.6 Å². The number of pyridine rings is 1. The molecule has 2 aromatic heterocycles. The van der Waals surface area contributed by atoms with E-state index in [1.807, 2.05) is 28.8 Å². The fourth-order valence-electron chi connectivity index (χ4n) is 2.15. The van der Waals surface area contributed by atoms with Gasteiger partial charge < -0.3 is 10.5 Å². The first-order valence-electron chi connectivity index (χ1n) is 5.53. The molecule has 2 aromatic rings. The number of hydrogen-bond donors (Lipinski definition) is 1. The first-order valence-corrected chi connectivity index (χ1v) is 5.53. The summed E-state index contributed by atoms with van der Waals surface area (Å²) in [5.41, 5.74) is 6.45.